The molecule has 8 nitrogen and oxygen atoms in total. The zero-order chi connectivity index (χ0) is 28.5. The monoisotopic (exact) mass is 584 g/mol. The molecule has 1 aliphatic rings. The molecule has 1 aromatic heterocycles. The predicted octanol–water partition coefficient (Wildman–Crippen LogP) is 4.21. The van der Waals surface area contributed by atoms with Gasteiger partial charge in [0.1, 0.15) is 11.4 Å². The minimum Gasteiger partial charge on any atom is -0.435 e. The molecule has 210 valence electrons. The minimum atomic E-state index is -4.85. The van der Waals surface area contributed by atoms with Crippen LogP contribution in [0.5, 0.6) is 5.75 Å². The summed E-state index contributed by atoms with van der Waals surface area (Å²) >= 11 is 0. The molecular weight excluding hydrogens is 559 g/mol. The van der Waals surface area contributed by atoms with Gasteiger partial charge in [0.25, 0.3) is 5.91 Å². The lowest BCUT2D eigenvalue weighted by Gasteiger charge is -2.33. The van der Waals surface area contributed by atoms with Gasteiger partial charge in [-0.05, 0) is 56.4 Å². The van der Waals surface area contributed by atoms with E-state index in [2.05, 4.69) is 9.72 Å². The van der Waals surface area contributed by atoms with Gasteiger partial charge in [-0.1, -0.05) is 6.07 Å². The number of sulfone groups is 2. The van der Waals surface area contributed by atoms with Gasteiger partial charge in [-0.15, -0.1) is 0 Å². The highest BCUT2D eigenvalue weighted by molar-refractivity contribution is 7.92. The van der Waals surface area contributed by atoms with Crippen LogP contribution >= 0.6 is 0 Å². The lowest BCUT2D eigenvalue weighted by Crippen LogP contribution is -2.40. The Labute approximate surface area is 216 Å². The van der Waals surface area contributed by atoms with E-state index in [0.717, 1.165) is 6.07 Å². The average Bonchev–Trinajstić information content (AvgIpc) is 2.82. The van der Waals surface area contributed by atoms with Crippen molar-refractivity contribution in [2.75, 3.05) is 19.3 Å². The van der Waals surface area contributed by atoms with Crippen LogP contribution in [-0.4, -0.2) is 63.8 Å². The van der Waals surface area contributed by atoms with E-state index >= 15 is 0 Å². The molecule has 1 amide bonds. The van der Waals surface area contributed by atoms with Crippen molar-refractivity contribution in [3.05, 3.63) is 47.8 Å². The van der Waals surface area contributed by atoms with Crippen LogP contribution in [0, 0.1) is 5.92 Å². The summed E-state index contributed by atoms with van der Waals surface area (Å²) in [5.41, 5.74) is -1.91. The third-order valence-corrected chi connectivity index (χ3v) is 9.51. The maximum Gasteiger partial charge on any atom is 0.417 e. The Hall–Kier alpha value is -2.81. The smallest absolute Gasteiger partial charge is 0.417 e. The summed E-state index contributed by atoms with van der Waals surface area (Å²) in [6.45, 7) is -1.40. The highest BCUT2D eigenvalue weighted by Gasteiger charge is 2.36. The molecule has 0 radical (unpaired) electrons. The highest BCUT2D eigenvalue weighted by Crippen LogP contribution is 2.33. The second kappa shape index (κ2) is 11.1. The number of nitrogens with zero attached hydrogens (tertiary/aromatic N) is 2. The molecule has 0 N–H and O–H groups in total. The second-order valence-corrected chi connectivity index (χ2v) is 13.4. The number of rotatable bonds is 8. The van der Waals surface area contributed by atoms with Gasteiger partial charge < -0.3 is 9.64 Å². The van der Waals surface area contributed by atoms with Crippen LogP contribution in [0.25, 0.3) is 0 Å². The van der Waals surface area contributed by atoms with Crippen molar-refractivity contribution in [2.45, 2.75) is 54.0 Å². The lowest BCUT2D eigenvalue weighted by molar-refractivity contribution is -0.138. The zero-order valence-corrected chi connectivity index (χ0v) is 21.9. The first kappa shape index (κ1) is 29.7. The number of aromatic nitrogens is 1. The Kier molecular flexibility index (Phi) is 8.71. The molecule has 38 heavy (non-hydrogen) atoms. The number of carbonyl (C=O) groups is 1. The number of ether oxygens (including phenoxy) is 1. The summed E-state index contributed by atoms with van der Waals surface area (Å²) in [5, 5.41) is -0.884. The van der Waals surface area contributed by atoms with E-state index in [1.165, 1.54) is 30.0 Å². The SMILES string of the molecule is CC(CC1CCN(C(=O)c2ncc(C(F)(F)F)cc2S(C)(=O)=O)CC1)S(=O)(=O)c1cccc(OC(F)F)c1. The zero-order valence-electron chi connectivity index (χ0n) is 20.3. The molecule has 1 saturated heterocycles. The van der Waals surface area contributed by atoms with Crippen molar-refractivity contribution in [2.24, 2.45) is 5.92 Å². The molecule has 1 fully saturated rings. The van der Waals surface area contributed by atoms with Crippen LogP contribution in [0.4, 0.5) is 22.0 Å². The molecule has 0 saturated carbocycles. The van der Waals surface area contributed by atoms with E-state index in [0.29, 0.717) is 31.4 Å². The number of amides is 1. The Balaban J connectivity index is 1.69. The summed E-state index contributed by atoms with van der Waals surface area (Å²) in [6.07, 6.45) is -2.84. The van der Waals surface area contributed by atoms with Gasteiger partial charge in [-0.25, -0.2) is 21.8 Å². The van der Waals surface area contributed by atoms with E-state index in [1.807, 2.05) is 0 Å². The van der Waals surface area contributed by atoms with Crippen LogP contribution in [0.3, 0.4) is 0 Å². The third kappa shape index (κ3) is 6.98. The molecule has 0 bridgehead atoms. The highest BCUT2D eigenvalue weighted by atomic mass is 32.2. The van der Waals surface area contributed by atoms with Crippen LogP contribution in [-0.2, 0) is 25.9 Å². The fraction of sp³-hybridized carbons (Fsp3) is 0.478. The van der Waals surface area contributed by atoms with E-state index in [4.69, 9.17) is 0 Å². The van der Waals surface area contributed by atoms with Gasteiger partial charge >= 0.3 is 12.8 Å². The Morgan fingerprint density at radius 2 is 1.76 bits per heavy atom. The molecule has 15 heteroatoms. The quantitative estimate of drug-likeness (QED) is 0.428. The maximum atomic E-state index is 13.0. The standard InChI is InChI=1S/C23H25F5N2O6S2/c1-14(38(34,35)18-5-3-4-17(12-18)36-22(24)25)10-15-6-8-30(9-7-15)21(31)20-19(37(2,32)33)11-16(13-29-20)23(26,27)28/h3-5,11-15,22H,6-10H2,1-2H3. The topological polar surface area (TPSA) is 111 Å². The fourth-order valence-electron chi connectivity index (χ4n) is 4.22. The van der Waals surface area contributed by atoms with Gasteiger partial charge in [0.15, 0.2) is 19.7 Å². The molecular formula is C23H25F5N2O6S2. The minimum absolute atomic E-state index is 0.111. The largest absolute Gasteiger partial charge is 0.435 e. The van der Waals surface area contributed by atoms with Gasteiger partial charge in [0.2, 0.25) is 0 Å². The summed E-state index contributed by atoms with van der Waals surface area (Å²) in [7, 11) is -8.09. The van der Waals surface area contributed by atoms with Crippen molar-refractivity contribution in [3.8, 4) is 5.75 Å². The Morgan fingerprint density at radius 1 is 1.13 bits per heavy atom. The number of pyridine rings is 1. The summed E-state index contributed by atoms with van der Waals surface area (Å²) in [4.78, 5) is 16.8. The van der Waals surface area contributed by atoms with Crippen LogP contribution in [0.1, 0.15) is 42.2 Å². The average molecular weight is 585 g/mol. The number of piperidine rings is 1. The summed E-state index contributed by atoms with van der Waals surface area (Å²) < 4.78 is 119. The predicted molar refractivity (Wildman–Crippen MR) is 125 cm³/mol. The first-order valence-corrected chi connectivity index (χ1v) is 14.8. The molecule has 2 aromatic rings. The normalized spacial score (nSPS) is 16.5. The maximum absolute atomic E-state index is 13.0. The van der Waals surface area contributed by atoms with E-state index in [1.54, 1.807) is 0 Å². The Bertz CT molecular complexity index is 1390. The second-order valence-electron chi connectivity index (χ2n) is 9.02. The van der Waals surface area contributed by atoms with Gasteiger partial charge in [0, 0.05) is 25.5 Å². The number of halogens is 5. The number of alkyl halides is 5. The first-order valence-electron chi connectivity index (χ1n) is 11.4. The van der Waals surface area contributed by atoms with Crippen molar-refractivity contribution in [3.63, 3.8) is 0 Å². The molecule has 0 spiro atoms. The molecule has 1 aromatic carbocycles. The number of benzene rings is 1. The number of likely N-dealkylation sites (tertiary alicyclic amines) is 1. The lowest BCUT2D eigenvalue weighted by atomic mass is 9.92. The van der Waals surface area contributed by atoms with Crippen LogP contribution in [0.15, 0.2) is 46.3 Å². The van der Waals surface area contributed by atoms with Crippen molar-refractivity contribution in [1.29, 1.82) is 0 Å². The third-order valence-electron chi connectivity index (χ3n) is 6.24. The number of hydrogen-bond acceptors (Lipinski definition) is 7. The number of hydrogen-bond donors (Lipinski definition) is 0. The molecule has 3 rings (SSSR count). The van der Waals surface area contributed by atoms with Gasteiger partial charge in [-0.2, -0.15) is 22.0 Å². The van der Waals surface area contributed by atoms with E-state index < -0.39 is 59.8 Å². The summed E-state index contributed by atoms with van der Waals surface area (Å²) in [6, 6.07) is 5.19. The van der Waals surface area contributed by atoms with Gasteiger partial charge in [-0.3, -0.25) is 4.79 Å². The molecule has 2 heterocycles. The van der Waals surface area contributed by atoms with Crippen molar-refractivity contribution >= 4 is 25.6 Å². The van der Waals surface area contributed by atoms with E-state index in [-0.39, 0.29) is 36.1 Å². The Morgan fingerprint density at radius 3 is 2.32 bits per heavy atom. The molecule has 1 atom stereocenters. The van der Waals surface area contributed by atoms with Gasteiger partial charge in [0.05, 0.1) is 20.6 Å². The van der Waals surface area contributed by atoms with E-state index in [9.17, 15) is 43.6 Å². The molecule has 1 aliphatic heterocycles. The molecule has 0 aliphatic carbocycles. The van der Waals surface area contributed by atoms with Crippen LogP contribution in [0.2, 0.25) is 0 Å². The van der Waals surface area contributed by atoms with Crippen LogP contribution < -0.4 is 4.74 Å². The fourth-order valence-corrected chi connectivity index (χ4v) is 6.59. The number of carbonyl (C=O) groups excluding carboxylic acids is 1. The first-order chi connectivity index (χ1) is 17.5. The summed E-state index contributed by atoms with van der Waals surface area (Å²) in [5.74, 6) is -1.26. The molecule has 1 unspecified atom stereocenters. The van der Waals surface area contributed by atoms with Crippen molar-refractivity contribution in [1.82, 2.24) is 9.88 Å². The van der Waals surface area contributed by atoms with Crippen molar-refractivity contribution < 1.29 is 48.3 Å².